The second-order valence-corrected chi connectivity index (χ2v) is 5.29. The van der Waals surface area contributed by atoms with E-state index in [4.69, 9.17) is 5.73 Å². The average molecular weight is 283 g/mol. The number of amides is 1. The van der Waals surface area contributed by atoms with Crippen LogP contribution in [0.5, 0.6) is 0 Å². The van der Waals surface area contributed by atoms with Crippen LogP contribution in [0.2, 0.25) is 0 Å². The van der Waals surface area contributed by atoms with Crippen LogP contribution in [0.1, 0.15) is 42.1 Å². The molecule has 0 aromatic heterocycles. The number of nitrogens with two attached hydrogens (primary N) is 1. The molecule has 1 aromatic rings. The Bertz CT molecular complexity index is 417. The van der Waals surface area contributed by atoms with Gasteiger partial charge in [-0.15, -0.1) is 12.4 Å². The van der Waals surface area contributed by atoms with Crippen LogP contribution in [0.3, 0.4) is 0 Å². The average Bonchev–Trinajstić information content (AvgIpc) is 2.39. The minimum absolute atomic E-state index is 0. The van der Waals surface area contributed by atoms with Crippen molar-refractivity contribution in [2.45, 2.75) is 45.2 Å². The van der Waals surface area contributed by atoms with Crippen LogP contribution >= 0.6 is 12.4 Å². The first kappa shape index (κ1) is 16.0. The minimum Gasteiger partial charge on any atom is -0.334 e. The number of piperidine rings is 1. The lowest BCUT2D eigenvalue weighted by Gasteiger charge is -2.38. The molecule has 106 valence electrons. The van der Waals surface area contributed by atoms with E-state index in [9.17, 15) is 4.79 Å². The molecule has 1 saturated heterocycles. The number of aryl methyl sites for hydroxylation is 1. The van der Waals surface area contributed by atoms with Gasteiger partial charge >= 0.3 is 0 Å². The maximum absolute atomic E-state index is 12.5. The SMILES string of the molecule is Cc1ccc(C(=O)N2CCCCC2C(C)N)cc1.Cl. The fourth-order valence-corrected chi connectivity index (χ4v) is 2.62. The molecule has 4 heteroatoms. The Labute approximate surface area is 121 Å². The number of halogens is 1. The summed E-state index contributed by atoms with van der Waals surface area (Å²) in [5, 5.41) is 0. The number of hydrogen-bond donors (Lipinski definition) is 1. The molecule has 0 aliphatic carbocycles. The molecule has 2 N–H and O–H groups in total. The fourth-order valence-electron chi connectivity index (χ4n) is 2.62. The normalized spacial score (nSPS) is 20.6. The van der Waals surface area contributed by atoms with Gasteiger partial charge < -0.3 is 10.6 Å². The number of carbonyl (C=O) groups excluding carboxylic acids is 1. The molecule has 2 unspecified atom stereocenters. The Balaban J connectivity index is 0.00000180. The molecule has 0 spiro atoms. The van der Waals surface area contributed by atoms with E-state index in [0.717, 1.165) is 24.9 Å². The molecular formula is C15H23ClN2O. The van der Waals surface area contributed by atoms with Gasteiger partial charge in [0.25, 0.3) is 5.91 Å². The lowest BCUT2D eigenvalue weighted by atomic mass is 9.96. The second kappa shape index (κ2) is 6.92. The summed E-state index contributed by atoms with van der Waals surface area (Å²) in [6.07, 6.45) is 3.28. The van der Waals surface area contributed by atoms with Gasteiger partial charge in [-0.05, 0) is 45.2 Å². The Morgan fingerprint density at radius 3 is 2.53 bits per heavy atom. The standard InChI is InChI=1S/C15H22N2O.ClH/c1-11-6-8-13(9-7-11)15(18)17-10-4-3-5-14(17)12(2)16;/h6-9,12,14H,3-5,10,16H2,1-2H3;1H. The van der Waals surface area contributed by atoms with Gasteiger partial charge in [0.2, 0.25) is 0 Å². The third-order valence-electron chi connectivity index (χ3n) is 3.72. The van der Waals surface area contributed by atoms with Crippen LogP contribution in [0.25, 0.3) is 0 Å². The molecule has 1 aromatic carbocycles. The lowest BCUT2D eigenvalue weighted by Crippen LogP contribution is -2.51. The van der Waals surface area contributed by atoms with Gasteiger partial charge in [-0.3, -0.25) is 4.79 Å². The maximum atomic E-state index is 12.5. The Hall–Kier alpha value is -1.06. The summed E-state index contributed by atoms with van der Waals surface area (Å²) in [7, 11) is 0. The Morgan fingerprint density at radius 1 is 1.32 bits per heavy atom. The van der Waals surface area contributed by atoms with Crippen molar-refractivity contribution in [2.24, 2.45) is 5.73 Å². The molecule has 1 heterocycles. The van der Waals surface area contributed by atoms with E-state index in [1.54, 1.807) is 0 Å². The Morgan fingerprint density at radius 2 is 1.95 bits per heavy atom. The smallest absolute Gasteiger partial charge is 0.254 e. The van der Waals surface area contributed by atoms with E-state index in [1.807, 2.05) is 43.0 Å². The van der Waals surface area contributed by atoms with Crippen LogP contribution in [0, 0.1) is 6.92 Å². The number of benzene rings is 1. The van der Waals surface area contributed by atoms with Gasteiger partial charge in [0.15, 0.2) is 0 Å². The van der Waals surface area contributed by atoms with Gasteiger partial charge in [0, 0.05) is 24.2 Å². The van der Waals surface area contributed by atoms with Crippen LogP contribution in [-0.4, -0.2) is 29.4 Å². The van der Waals surface area contributed by atoms with Gasteiger partial charge in [-0.2, -0.15) is 0 Å². The predicted molar refractivity (Wildman–Crippen MR) is 80.8 cm³/mol. The van der Waals surface area contributed by atoms with Gasteiger partial charge in [-0.1, -0.05) is 17.7 Å². The van der Waals surface area contributed by atoms with E-state index >= 15 is 0 Å². The van der Waals surface area contributed by atoms with E-state index in [1.165, 1.54) is 12.0 Å². The molecule has 0 radical (unpaired) electrons. The fraction of sp³-hybridized carbons (Fsp3) is 0.533. The number of nitrogens with zero attached hydrogens (tertiary/aromatic N) is 1. The Kier molecular flexibility index (Phi) is 5.83. The predicted octanol–water partition coefficient (Wildman–Crippen LogP) is 2.76. The highest BCUT2D eigenvalue weighted by atomic mass is 35.5. The first-order valence-corrected chi connectivity index (χ1v) is 6.73. The molecule has 1 aliphatic rings. The number of rotatable bonds is 2. The van der Waals surface area contributed by atoms with Crippen molar-refractivity contribution < 1.29 is 4.79 Å². The summed E-state index contributed by atoms with van der Waals surface area (Å²) in [5.74, 6) is 0.122. The summed E-state index contributed by atoms with van der Waals surface area (Å²) in [5.41, 5.74) is 7.95. The highest BCUT2D eigenvalue weighted by Gasteiger charge is 2.29. The molecule has 1 amide bonds. The van der Waals surface area contributed by atoms with E-state index in [-0.39, 0.29) is 30.4 Å². The molecule has 1 fully saturated rings. The summed E-state index contributed by atoms with van der Waals surface area (Å²) < 4.78 is 0. The molecule has 0 saturated carbocycles. The highest BCUT2D eigenvalue weighted by molar-refractivity contribution is 5.94. The summed E-state index contributed by atoms with van der Waals surface area (Å²) >= 11 is 0. The van der Waals surface area contributed by atoms with E-state index in [2.05, 4.69) is 0 Å². The van der Waals surface area contributed by atoms with Gasteiger partial charge in [-0.25, -0.2) is 0 Å². The first-order chi connectivity index (χ1) is 8.59. The third kappa shape index (κ3) is 3.71. The highest BCUT2D eigenvalue weighted by Crippen LogP contribution is 2.21. The molecule has 19 heavy (non-hydrogen) atoms. The quantitative estimate of drug-likeness (QED) is 0.907. The zero-order valence-electron chi connectivity index (χ0n) is 11.6. The molecular weight excluding hydrogens is 260 g/mol. The maximum Gasteiger partial charge on any atom is 0.254 e. The summed E-state index contributed by atoms with van der Waals surface area (Å²) in [4.78, 5) is 14.5. The molecule has 2 rings (SSSR count). The van der Waals surface area contributed by atoms with Crippen molar-refractivity contribution in [1.82, 2.24) is 4.90 Å². The second-order valence-electron chi connectivity index (χ2n) is 5.29. The van der Waals surface area contributed by atoms with Crippen LogP contribution in [0.4, 0.5) is 0 Å². The van der Waals surface area contributed by atoms with Crippen molar-refractivity contribution in [2.75, 3.05) is 6.54 Å². The van der Waals surface area contributed by atoms with Gasteiger partial charge in [0.1, 0.15) is 0 Å². The molecule has 0 bridgehead atoms. The largest absolute Gasteiger partial charge is 0.334 e. The van der Waals surface area contributed by atoms with Crippen LogP contribution in [-0.2, 0) is 0 Å². The monoisotopic (exact) mass is 282 g/mol. The van der Waals surface area contributed by atoms with Crippen LogP contribution < -0.4 is 5.73 Å². The van der Waals surface area contributed by atoms with Crippen molar-refractivity contribution in [3.63, 3.8) is 0 Å². The summed E-state index contributed by atoms with van der Waals surface area (Å²) in [6, 6.07) is 8.01. The molecule has 3 nitrogen and oxygen atoms in total. The summed E-state index contributed by atoms with van der Waals surface area (Å²) in [6.45, 7) is 4.85. The number of hydrogen-bond acceptors (Lipinski definition) is 2. The van der Waals surface area contributed by atoms with Crippen molar-refractivity contribution >= 4 is 18.3 Å². The molecule has 2 atom stereocenters. The molecule has 1 aliphatic heterocycles. The van der Waals surface area contributed by atoms with Crippen molar-refractivity contribution in [3.05, 3.63) is 35.4 Å². The third-order valence-corrected chi connectivity index (χ3v) is 3.72. The minimum atomic E-state index is 0. The number of likely N-dealkylation sites (tertiary alicyclic amines) is 1. The number of carbonyl (C=O) groups is 1. The topological polar surface area (TPSA) is 46.3 Å². The van der Waals surface area contributed by atoms with E-state index < -0.39 is 0 Å². The first-order valence-electron chi connectivity index (χ1n) is 6.73. The lowest BCUT2D eigenvalue weighted by molar-refractivity contribution is 0.0584. The van der Waals surface area contributed by atoms with E-state index in [0.29, 0.717) is 0 Å². The zero-order valence-corrected chi connectivity index (χ0v) is 12.5. The zero-order chi connectivity index (χ0) is 13.1. The van der Waals surface area contributed by atoms with Crippen molar-refractivity contribution in [3.8, 4) is 0 Å². The van der Waals surface area contributed by atoms with Crippen LogP contribution in [0.15, 0.2) is 24.3 Å². The van der Waals surface area contributed by atoms with Gasteiger partial charge in [0.05, 0.1) is 0 Å². The van der Waals surface area contributed by atoms with Crippen molar-refractivity contribution in [1.29, 1.82) is 0 Å².